The Bertz CT molecular complexity index is 817. The summed E-state index contributed by atoms with van der Waals surface area (Å²) in [6.45, 7) is 3.80. The lowest BCUT2D eigenvalue weighted by molar-refractivity contribution is 0.300. The molecular formula is C20H22N2O. The Morgan fingerprint density at radius 1 is 1.09 bits per heavy atom. The van der Waals surface area contributed by atoms with Gasteiger partial charge in [-0.2, -0.15) is 0 Å². The number of hydrogen-bond donors (Lipinski definition) is 0. The molecule has 0 unspecified atom stereocenters. The van der Waals surface area contributed by atoms with E-state index in [1.807, 2.05) is 18.2 Å². The Balaban J connectivity index is 1.45. The molecule has 4 rings (SSSR count). The van der Waals surface area contributed by atoms with Gasteiger partial charge in [0.2, 0.25) is 0 Å². The molecule has 0 radical (unpaired) electrons. The minimum atomic E-state index is 0.666. The van der Waals surface area contributed by atoms with E-state index in [1.54, 1.807) is 0 Å². The van der Waals surface area contributed by atoms with Crippen molar-refractivity contribution in [1.82, 2.24) is 9.55 Å². The topological polar surface area (TPSA) is 27.1 Å². The zero-order valence-electron chi connectivity index (χ0n) is 13.5. The molecule has 1 heterocycles. The monoisotopic (exact) mass is 306 g/mol. The minimum absolute atomic E-state index is 0.666. The average Bonchev–Trinajstić information content (AvgIpc) is 3.35. The summed E-state index contributed by atoms with van der Waals surface area (Å²) in [5, 5.41) is 0. The number of benzene rings is 2. The zero-order chi connectivity index (χ0) is 15.6. The van der Waals surface area contributed by atoms with E-state index in [0.29, 0.717) is 5.92 Å². The van der Waals surface area contributed by atoms with Crippen LogP contribution in [0.3, 0.4) is 0 Å². The lowest BCUT2D eigenvalue weighted by Crippen LogP contribution is -2.07. The highest BCUT2D eigenvalue weighted by Gasteiger charge is 2.29. The molecule has 1 aliphatic rings. The van der Waals surface area contributed by atoms with Crippen molar-refractivity contribution >= 4 is 11.0 Å². The first-order chi connectivity index (χ1) is 11.3. The van der Waals surface area contributed by atoms with Crippen LogP contribution in [0.25, 0.3) is 11.0 Å². The molecule has 2 aromatic carbocycles. The fraction of sp³-hybridized carbons (Fsp3) is 0.350. The molecule has 0 spiro atoms. The molecule has 1 fully saturated rings. The van der Waals surface area contributed by atoms with Crippen LogP contribution in [0.1, 0.15) is 36.6 Å². The molecule has 3 aromatic rings. The van der Waals surface area contributed by atoms with Gasteiger partial charge in [0.1, 0.15) is 11.6 Å². The number of imidazole rings is 1. The highest BCUT2D eigenvalue weighted by atomic mass is 16.5. The largest absolute Gasteiger partial charge is 0.493 e. The van der Waals surface area contributed by atoms with Gasteiger partial charge in [-0.1, -0.05) is 30.3 Å². The standard InChI is InChI=1S/C20H22N2O/c1-15-7-2-5-10-19(15)23-14-6-13-22-18-9-4-3-8-17(18)21-20(22)16-11-12-16/h2-5,7-10,16H,6,11-14H2,1H3. The summed E-state index contributed by atoms with van der Waals surface area (Å²) in [6.07, 6.45) is 3.56. The Hall–Kier alpha value is -2.29. The number of fused-ring (bicyclic) bond motifs is 1. The third kappa shape index (κ3) is 2.96. The van der Waals surface area contributed by atoms with Crippen molar-refractivity contribution in [1.29, 1.82) is 0 Å². The summed E-state index contributed by atoms with van der Waals surface area (Å²) >= 11 is 0. The maximum absolute atomic E-state index is 5.93. The Labute approximate surface area is 136 Å². The van der Waals surface area contributed by atoms with Crippen molar-refractivity contribution in [2.24, 2.45) is 0 Å². The van der Waals surface area contributed by atoms with E-state index in [2.05, 4.69) is 41.8 Å². The lowest BCUT2D eigenvalue weighted by atomic mass is 10.2. The van der Waals surface area contributed by atoms with Gasteiger partial charge >= 0.3 is 0 Å². The van der Waals surface area contributed by atoms with Crippen molar-refractivity contribution in [3.05, 3.63) is 59.9 Å². The van der Waals surface area contributed by atoms with Gasteiger partial charge in [-0.3, -0.25) is 0 Å². The normalized spacial score (nSPS) is 14.3. The molecule has 0 bridgehead atoms. The summed E-state index contributed by atoms with van der Waals surface area (Å²) in [5.41, 5.74) is 3.57. The van der Waals surface area contributed by atoms with E-state index in [1.165, 1.54) is 29.7 Å². The molecule has 1 aromatic heterocycles. The van der Waals surface area contributed by atoms with Crippen LogP contribution >= 0.6 is 0 Å². The van der Waals surface area contributed by atoms with Crippen molar-refractivity contribution < 1.29 is 4.74 Å². The molecule has 118 valence electrons. The van der Waals surface area contributed by atoms with E-state index in [4.69, 9.17) is 9.72 Å². The fourth-order valence-electron chi connectivity index (χ4n) is 3.11. The summed E-state index contributed by atoms with van der Waals surface area (Å²) in [6, 6.07) is 16.6. The number of ether oxygens (including phenoxy) is 1. The van der Waals surface area contributed by atoms with Crippen LogP contribution in [0, 0.1) is 6.92 Å². The third-order valence-electron chi connectivity index (χ3n) is 4.50. The Kier molecular flexibility index (Phi) is 3.78. The number of hydrogen-bond acceptors (Lipinski definition) is 2. The molecule has 1 aliphatic carbocycles. The van der Waals surface area contributed by atoms with Crippen LogP contribution in [0.2, 0.25) is 0 Å². The van der Waals surface area contributed by atoms with Crippen molar-refractivity contribution in [3.8, 4) is 5.75 Å². The van der Waals surface area contributed by atoms with Gasteiger partial charge in [0.15, 0.2) is 0 Å². The molecule has 0 amide bonds. The molecule has 23 heavy (non-hydrogen) atoms. The van der Waals surface area contributed by atoms with Crippen LogP contribution in [-0.2, 0) is 6.54 Å². The van der Waals surface area contributed by atoms with Gasteiger partial charge in [0, 0.05) is 12.5 Å². The molecule has 0 aliphatic heterocycles. The minimum Gasteiger partial charge on any atom is -0.493 e. The number of rotatable bonds is 6. The predicted octanol–water partition coefficient (Wildman–Crippen LogP) is 4.69. The second-order valence-electron chi connectivity index (χ2n) is 6.35. The van der Waals surface area contributed by atoms with Gasteiger partial charge in [-0.25, -0.2) is 4.98 Å². The Morgan fingerprint density at radius 2 is 1.87 bits per heavy atom. The first kappa shape index (κ1) is 14.3. The lowest BCUT2D eigenvalue weighted by Gasteiger charge is -2.11. The number of nitrogens with zero attached hydrogens (tertiary/aromatic N) is 2. The van der Waals surface area contributed by atoms with E-state index >= 15 is 0 Å². The highest BCUT2D eigenvalue weighted by Crippen LogP contribution is 2.40. The van der Waals surface area contributed by atoms with E-state index in [-0.39, 0.29) is 0 Å². The Morgan fingerprint density at radius 3 is 2.70 bits per heavy atom. The first-order valence-electron chi connectivity index (χ1n) is 8.46. The van der Waals surface area contributed by atoms with Gasteiger partial charge < -0.3 is 9.30 Å². The maximum atomic E-state index is 5.93. The number of aryl methyl sites for hydroxylation is 2. The van der Waals surface area contributed by atoms with Crippen LogP contribution < -0.4 is 4.74 Å². The fourth-order valence-corrected chi connectivity index (χ4v) is 3.11. The second kappa shape index (κ2) is 6.07. The SMILES string of the molecule is Cc1ccccc1OCCCn1c(C2CC2)nc2ccccc21. The molecule has 3 nitrogen and oxygen atoms in total. The smallest absolute Gasteiger partial charge is 0.122 e. The molecule has 0 atom stereocenters. The molecule has 0 saturated heterocycles. The van der Waals surface area contributed by atoms with E-state index in [9.17, 15) is 0 Å². The third-order valence-corrected chi connectivity index (χ3v) is 4.50. The highest BCUT2D eigenvalue weighted by molar-refractivity contribution is 5.76. The van der Waals surface area contributed by atoms with Crippen molar-refractivity contribution in [2.45, 2.75) is 38.6 Å². The average molecular weight is 306 g/mol. The van der Waals surface area contributed by atoms with Crippen LogP contribution in [0.4, 0.5) is 0 Å². The first-order valence-corrected chi connectivity index (χ1v) is 8.46. The van der Waals surface area contributed by atoms with Gasteiger partial charge in [-0.15, -0.1) is 0 Å². The van der Waals surface area contributed by atoms with Crippen LogP contribution in [-0.4, -0.2) is 16.2 Å². The molecule has 0 N–H and O–H groups in total. The second-order valence-corrected chi connectivity index (χ2v) is 6.35. The molecule has 3 heteroatoms. The van der Waals surface area contributed by atoms with E-state index < -0.39 is 0 Å². The number of aromatic nitrogens is 2. The van der Waals surface area contributed by atoms with Crippen molar-refractivity contribution in [3.63, 3.8) is 0 Å². The summed E-state index contributed by atoms with van der Waals surface area (Å²) in [4.78, 5) is 4.85. The van der Waals surface area contributed by atoms with Gasteiger partial charge in [0.25, 0.3) is 0 Å². The summed E-state index contributed by atoms with van der Waals surface area (Å²) in [5.74, 6) is 2.92. The van der Waals surface area contributed by atoms with E-state index in [0.717, 1.165) is 30.8 Å². The molecule has 1 saturated carbocycles. The summed E-state index contributed by atoms with van der Waals surface area (Å²) in [7, 11) is 0. The quantitative estimate of drug-likeness (QED) is 0.618. The van der Waals surface area contributed by atoms with Gasteiger partial charge in [-0.05, 0) is 49.9 Å². The van der Waals surface area contributed by atoms with Gasteiger partial charge in [0.05, 0.1) is 17.6 Å². The zero-order valence-corrected chi connectivity index (χ0v) is 13.5. The maximum Gasteiger partial charge on any atom is 0.122 e. The van der Waals surface area contributed by atoms with Crippen LogP contribution in [0.15, 0.2) is 48.5 Å². The molecular weight excluding hydrogens is 284 g/mol. The van der Waals surface area contributed by atoms with Crippen molar-refractivity contribution in [2.75, 3.05) is 6.61 Å². The number of para-hydroxylation sites is 3. The summed E-state index contributed by atoms with van der Waals surface area (Å²) < 4.78 is 8.33. The predicted molar refractivity (Wildman–Crippen MR) is 93.0 cm³/mol. The van der Waals surface area contributed by atoms with Crippen LogP contribution in [0.5, 0.6) is 5.75 Å².